The Morgan fingerprint density at radius 1 is 1.42 bits per heavy atom. The van der Waals surface area contributed by atoms with E-state index in [-0.39, 0.29) is 11.8 Å². The fourth-order valence-corrected chi connectivity index (χ4v) is 3.05. The standard InChI is InChI=1S/C15H17F3N4O2/c1-8-13(9(2)24-21-8)14(23)22-5-3-4-10(7-22)11-6-12(20-19-11)15(16,17)18/h6,10H,3-5,7H2,1-2H3,(H,19,20)/t10-/m0/s1. The molecule has 1 atom stereocenters. The Bertz CT molecular complexity index is 731. The topological polar surface area (TPSA) is 75.0 Å². The molecule has 1 aliphatic rings. The SMILES string of the molecule is Cc1noc(C)c1C(=O)N1CCC[C@H](c2cc(C(F)(F)F)n[nH]2)C1. The van der Waals surface area contributed by atoms with Crippen molar-refractivity contribution in [1.82, 2.24) is 20.3 Å². The van der Waals surface area contributed by atoms with E-state index in [1.54, 1.807) is 18.7 Å². The summed E-state index contributed by atoms with van der Waals surface area (Å²) in [6.07, 6.45) is -3.07. The van der Waals surface area contributed by atoms with Crippen molar-refractivity contribution in [3.05, 3.63) is 34.5 Å². The second kappa shape index (κ2) is 5.95. The number of aromatic nitrogens is 3. The average Bonchev–Trinajstić information content (AvgIpc) is 3.14. The van der Waals surface area contributed by atoms with Crippen LogP contribution in [0.25, 0.3) is 0 Å². The molecule has 2 aromatic heterocycles. The first-order valence-corrected chi connectivity index (χ1v) is 7.62. The molecular formula is C15H17F3N4O2. The summed E-state index contributed by atoms with van der Waals surface area (Å²) in [4.78, 5) is 14.3. The second-order valence-electron chi connectivity index (χ2n) is 6.00. The lowest BCUT2D eigenvalue weighted by Gasteiger charge is -2.32. The largest absolute Gasteiger partial charge is 0.435 e. The highest BCUT2D eigenvalue weighted by atomic mass is 19.4. The van der Waals surface area contributed by atoms with Crippen molar-refractivity contribution in [3.63, 3.8) is 0 Å². The Hall–Kier alpha value is -2.32. The lowest BCUT2D eigenvalue weighted by Crippen LogP contribution is -2.39. The van der Waals surface area contributed by atoms with Gasteiger partial charge in [0.15, 0.2) is 5.69 Å². The number of hydrogen-bond acceptors (Lipinski definition) is 4. The van der Waals surface area contributed by atoms with Gasteiger partial charge in [0.2, 0.25) is 0 Å². The molecule has 1 fully saturated rings. The molecule has 0 saturated carbocycles. The van der Waals surface area contributed by atoms with Crippen molar-refractivity contribution >= 4 is 5.91 Å². The molecule has 0 aromatic carbocycles. The Morgan fingerprint density at radius 2 is 2.17 bits per heavy atom. The number of rotatable bonds is 2. The van der Waals surface area contributed by atoms with Gasteiger partial charge in [-0.1, -0.05) is 5.16 Å². The first kappa shape index (κ1) is 16.5. The van der Waals surface area contributed by atoms with Gasteiger partial charge >= 0.3 is 6.18 Å². The average molecular weight is 342 g/mol. The Morgan fingerprint density at radius 3 is 2.75 bits per heavy atom. The predicted octanol–water partition coefficient (Wildman–Crippen LogP) is 3.05. The maximum Gasteiger partial charge on any atom is 0.435 e. The van der Waals surface area contributed by atoms with Gasteiger partial charge < -0.3 is 9.42 Å². The normalized spacial score (nSPS) is 18.9. The fourth-order valence-electron chi connectivity index (χ4n) is 3.05. The van der Waals surface area contributed by atoms with E-state index in [0.717, 1.165) is 6.07 Å². The van der Waals surface area contributed by atoms with Gasteiger partial charge in [0, 0.05) is 24.7 Å². The van der Waals surface area contributed by atoms with Crippen LogP contribution in [0.1, 0.15) is 52.0 Å². The van der Waals surface area contributed by atoms with E-state index in [4.69, 9.17) is 4.52 Å². The Kier molecular flexibility index (Phi) is 4.10. The van der Waals surface area contributed by atoms with E-state index in [9.17, 15) is 18.0 Å². The minimum atomic E-state index is -4.48. The molecular weight excluding hydrogens is 325 g/mol. The summed E-state index contributed by atoms with van der Waals surface area (Å²) in [6, 6.07) is 1.02. The number of aromatic amines is 1. The number of amides is 1. The third kappa shape index (κ3) is 3.02. The minimum Gasteiger partial charge on any atom is -0.361 e. The van der Waals surface area contributed by atoms with E-state index >= 15 is 0 Å². The molecule has 2 aromatic rings. The van der Waals surface area contributed by atoms with Crippen molar-refractivity contribution in [2.75, 3.05) is 13.1 Å². The molecule has 24 heavy (non-hydrogen) atoms. The van der Waals surface area contributed by atoms with Crippen LogP contribution in [0.2, 0.25) is 0 Å². The summed E-state index contributed by atoms with van der Waals surface area (Å²) in [5.74, 6) is 0.0406. The zero-order chi connectivity index (χ0) is 17.5. The number of piperidine rings is 1. The van der Waals surface area contributed by atoms with Crippen molar-refractivity contribution < 1.29 is 22.5 Å². The lowest BCUT2D eigenvalue weighted by molar-refractivity contribution is -0.141. The zero-order valence-electron chi connectivity index (χ0n) is 13.3. The molecule has 0 aliphatic carbocycles. The van der Waals surface area contributed by atoms with Crippen molar-refractivity contribution in [3.8, 4) is 0 Å². The summed E-state index contributed by atoms with van der Waals surface area (Å²) >= 11 is 0. The number of aryl methyl sites for hydroxylation is 2. The van der Waals surface area contributed by atoms with Gasteiger partial charge in [-0.2, -0.15) is 18.3 Å². The molecule has 3 heterocycles. The molecule has 3 rings (SSSR count). The quantitative estimate of drug-likeness (QED) is 0.910. The molecule has 1 saturated heterocycles. The third-order valence-electron chi connectivity index (χ3n) is 4.28. The highest BCUT2D eigenvalue weighted by Crippen LogP contribution is 2.32. The summed E-state index contributed by atoms with van der Waals surface area (Å²) in [5.41, 5.74) is 0.405. The van der Waals surface area contributed by atoms with Crippen LogP contribution in [0.15, 0.2) is 10.6 Å². The fraction of sp³-hybridized carbons (Fsp3) is 0.533. The minimum absolute atomic E-state index is 0.202. The van der Waals surface area contributed by atoms with Gasteiger partial charge in [0.25, 0.3) is 5.91 Å². The Labute approximate surface area is 136 Å². The first-order chi connectivity index (χ1) is 11.3. The predicted molar refractivity (Wildman–Crippen MR) is 77.4 cm³/mol. The van der Waals surface area contributed by atoms with Gasteiger partial charge in [-0.05, 0) is 32.8 Å². The molecule has 0 unspecified atom stereocenters. The highest BCUT2D eigenvalue weighted by Gasteiger charge is 2.36. The van der Waals surface area contributed by atoms with Crippen LogP contribution >= 0.6 is 0 Å². The van der Waals surface area contributed by atoms with Gasteiger partial charge in [-0.3, -0.25) is 9.89 Å². The second-order valence-corrected chi connectivity index (χ2v) is 6.00. The van der Waals surface area contributed by atoms with Crippen LogP contribution in [0.4, 0.5) is 13.2 Å². The molecule has 1 N–H and O–H groups in total. The number of carbonyl (C=O) groups is 1. The number of carbonyl (C=O) groups excluding carboxylic acids is 1. The number of nitrogens with one attached hydrogen (secondary N) is 1. The van der Waals surface area contributed by atoms with E-state index in [0.29, 0.717) is 48.6 Å². The van der Waals surface area contributed by atoms with E-state index in [1.807, 2.05) is 0 Å². The zero-order valence-corrected chi connectivity index (χ0v) is 13.3. The van der Waals surface area contributed by atoms with Gasteiger partial charge in [-0.25, -0.2) is 0 Å². The van der Waals surface area contributed by atoms with Gasteiger partial charge in [0.05, 0.1) is 5.69 Å². The number of halogens is 3. The molecule has 0 spiro atoms. The van der Waals surface area contributed by atoms with Crippen LogP contribution in [-0.2, 0) is 6.18 Å². The number of H-pyrrole nitrogens is 1. The van der Waals surface area contributed by atoms with E-state index in [1.165, 1.54) is 0 Å². The molecule has 6 nitrogen and oxygen atoms in total. The van der Waals surface area contributed by atoms with E-state index < -0.39 is 11.9 Å². The number of nitrogens with zero attached hydrogens (tertiary/aromatic N) is 3. The van der Waals surface area contributed by atoms with Crippen molar-refractivity contribution in [1.29, 1.82) is 0 Å². The maximum absolute atomic E-state index is 12.7. The van der Waals surface area contributed by atoms with Crippen LogP contribution < -0.4 is 0 Å². The molecule has 0 radical (unpaired) electrons. The van der Waals surface area contributed by atoms with Crippen LogP contribution in [0.5, 0.6) is 0 Å². The van der Waals surface area contributed by atoms with Gasteiger partial charge in [0.1, 0.15) is 11.3 Å². The molecule has 130 valence electrons. The smallest absolute Gasteiger partial charge is 0.361 e. The number of hydrogen-bond donors (Lipinski definition) is 1. The van der Waals surface area contributed by atoms with Gasteiger partial charge in [-0.15, -0.1) is 0 Å². The third-order valence-corrected chi connectivity index (χ3v) is 4.28. The Balaban J connectivity index is 1.77. The monoisotopic (exact) mass is 342 g/mol. The van der Waals surface area contributed by atoms with Crippen molar-refractivity contribution in [2.45, 2.75) is 38.8 Å². The first-order valence-electron chi connectivity index (χ1n) is 7.62. The number of likely N-dealkylation sites (tertiary alicyclic amines) is 1. The summed E-state index contributed by atoms with van der Waals surface area (Å²) < 4.78 is 43.1. The molecule has 9 heteroatoms. The highest BCUT2D eigenvalue weighted by molar-refractivity contribution is 5.96. The summed E-state index contributed by atoms with van der Waals surface area (Å²) in [7, 11) is 0. The number of alkyl halides is 3. The lowest BCUT2D eigenvalue weighted by atomic mass is 9.94. The van der Waals surface area contributed by atoms with Crippen LogP contribution in [-0.4, -0.2) is 39.3 Å². The molecule has 0 bridgehead atoms. The molecule has 1 aliphatic heterocycles. The molecule has 1 amide bonds. The van der Waals surface area contributed by atoms with Crippen molar-refractivity contribution in [2.24, 2.45) is 0 Å². The summed E-state index contributed by atoms with van der Waals surface area (Å²) in [5, 5.41) is 9.57. The summed E-state index contributed by atoms with van der Waals surface area (Å²) in [6.45, 7) is 4.25. The van der Waals surface area contributed by atoms with E-state index in [2.05, 4.69) is 15.4 Å². The van der Waals surface area contributed by atoms with Crippen LogP contribution in [0.3, 0.4) is 0 Å². The maximum atomic E-state index is 12.7. The van der Waals surface area contributed by atoms with Crippen LogP contribution in [0, 0.1) is 13.8 Å².